The molecule has 2 rings (SSSR count). The molecule has 0 bridgehead atoms. The van der Waals surface area contributed by atoms with E-state index in [1.165, 1.54) is 0 Å². The molecule has 4 amide bonds. The van der Waals surface area contributed by atoms with E-state index in [-0.39, 0.29) is 29.8 Å². The van der Waals surface area contributed by atoms with Gasteiger partial charge in [-0.1, -0.05) is 47.0 Å². The largest absolute Gasteiger partial charge is 0.352 e. The molecule has 1 aliphatic carbocycles. The molecule has 1 atom stereocenters. The van der Waals surface area contributed by atoms with Gasteiger partial charge in [-0.15, -0.1) is 0 Å². The molecule has 1 heterocycles. The van der Waals surface area contributed by atoms with Crippen molar-refractivity contribution in [1.82, 2.24) is 15.5 Å². The van der Waals surface area contributed by atoms with Crippen LogP contribution in [-0.2, 0) is 9.59 Å². The Hall–Kier alpha value is -1.59. The highest BCUT2D eigenvalue weighted by molar-refractivity contribution is 6.09. The molecule has 2 aliphatic rings. The fourth-order valence-corrected chi connectivity index (χ4v) is 4.37. The quantitative estimate of drug-likeness (QED) is 0.524. The lowest BCUT2D eigenvalue weighted by atomic mass is 9.67. The summed E-state index contributed by atoms with van der Waals surface area (Å²) in [5, 5.41) is 5.81. The maximum absolute atomic E-state index is 12.9. The van der Waals surface area contributed by atoms with E-state index in [1.807, 2.05) is 6.92 Å². The monoisotopic (exact) mass is 379 g/mol. The molecule has 2 N–H and O–H groups in total. The van der Waals surface area contributed by atoms with E-state index in [9.17, 15) is 14.4 Å². The minimum absolute atomic E-state index is 0.0565. The summed E-state index contributed by atoms with van der Waals surface area (Å²) < 4.78 is 0. The molecular weight excluding hydrogens is 342 g/mol. The van der Waals surface area contributed by atoms with Crippen LogP contribution < -0.4 is 10.6 Å². The third-order valence-electron chi connectivity index (χ3n) is 6.26. The van der Waals surface area contributed by atoms with Crippen LogP contribution in [0.3, 0.4) is 0 Å². The van der Waals surface area contributed by atoms with Gasteiger partial charge in [-0.2, -0.15) is 0 Å². The van der Waals surface area contributed by atoms with Crippen molar-refractivity contribution in [2.45, 2.75) is 97.6 Å². The predicted octanol–water partition coefficient (Wildman–Crippen LogP) is 3.60. The zero-order valence-corrected chi connectivity index (χ0v) is 17.7. The number of unbranched alkanes of at least 4 members (excludes halogenated alkanes) is 2. The highest BCUT2D eigenvalue weighted by Crippen LogP contribution is 2.43. The predicted molar refractivity (Wildman–Crippen MR) is 106 cm³/mol. The highest BCUT2D eigenvalue weighted by atomic mass is 16.2. The molecule has 1 unspecified atom stereocenters. The van der Waals surface area contributed by atoms with Crippen LogP contribution >= 0.6 is 0 Å². The molecule has 6 nitrogen and oxygen atoms in total. The van der Waals surface area contributed by atoms with E-state index in [4.69, 9.17) is 0 Å². The van der Waals surface area contributed by atoms with Crippen molar-refractivity contribution in [2.75, 3.05) is 6.54 Å². The van der Waals surface area contributed by atoms with Gasteiger partial charge in [0.2, 0.25) is 5.91 Å². The molecule has 0 aromatic rings. The Kier molecular flexibility index (Phi) is 6.92. The van der Waals surface area contributed by atoms with Crippen molar-refractivity contribution in [3.8, 4) is 0 Å². The van der Waals surface area contributed by atoms with E-state index in [0.29, 0.717) is 18.8 Å². The van der Waals surface area contributed by atoms with E-state index in [1.54, 1.807) is 0 Å². The van der Waals surface area contributed by atoms with Crippen LogP contribution in [0.15, 0.2) is 0 Å². The highest BCUT2D eigenvalue weighted by Gasteiger charge is 2.53. The molecule has 2 fully saturated rings. The molecule has 1 saturated heterocycles. The van der Waals surface area contributed by atoms with Crippen molar-refractivity contribution < 1.29 is 14.4 Å². The summed E-state index contributed by atoms with van der Waals surface area (Å²) in [6.07, 6.45) is 7.42. The first-order valence-corrected chi connectivity index (χ1v) is 10.5. The molecule has 0 aromatic carbocycles. The van der Waals surface area contributed by atoms with E-state index >= 15 is 0 Å². The second kappa shape index (κ2) is 8.61. The van der Waals surface area contributed by atoms with Gasteiger partial charge in [0.15, 0.2) is 0 Å². The number of nitrogens with one attached hydrogen (secondary N) is 2. The summed E-state index contributed by atoms with van der Waals surface area (Å²) in [4.78, 5) is 38.7. The van der Waals surface area contributed by atoms with Gasteiger partial charge in [-0.05, 0) is 50.4 Å². The SMILES string of the molecule is CCCCCC(C)NC(=O)CN1C(=O)NC2(CCC(C(C)(C)C)CC2)C1=O. The fraction of sp³-hybridized carbons (Fsp3) is 0.857. The average molecular weight is 380 g/mol. The summed E-state index contributed by atoms with van der Waals surface area (Å²) >= 11 is 0. The average Bonchev–Trinajstić information content (AvgIpc) is 2.79. The van der Waals surface area contributed by atoms with Crippen LogP contribution in [-0.4, -0.2) is 40.9 Å². The lowest BCUT2D eigenvalue weighted by molar-refractivity contribution is -0.136. The lowest BCUT2D eigenvalue weighted by Gasteiger charge is -2.40. The summed E-state index contributed by atoms with van der Waals surface area (Å²) in [5.74, 6) is 0.0608. The van der Waals surface area contributed by atoms with Crippen molar-refractivity contribution in [3.05, 3.63) is 0 Å². The van der Waals surface area contributed by atoms with Crippen LogP contribution in [0.5, 0.6) is 0 Å². The number of nitrogens with zero attached hydrogens (tertiary/aromatic N) is 1. The molecule has 6 heteroatoms. The minimum Gasteiger partial charge on any atom is -0.352 e. The third-order valence-corrected chi connectivity index (χ3v) is 6.26. The smallest absolute Gasteiger partial charge is 0.325 e. The second-order valence-corrected chi connectivity index (χ2v) is 9.51. The van der Waals surface area contributed by atoms with Crippen LogP contribution in [0.4, 0.5) is 4.79 Å². The number of carbonyl (C=O) groups excluding carboxylic acids is 3. The third kappa shape index (κ3) is 5.23. The Morgan fingerprint density at radius 2 is 1.89 bits per heavy atom. The van der Waals surface area contributed by atoms with E-state index < -0.39 is 11.6 Å². The maximum atomic E-state index is 12.9. The summed E-state index contributed by atoms with van der Waals surface area (Å²) in [6, 6.07) is -0.371. The van der Waals surface area contributed by atoms with Gasteiger partial charge in [0.05, 0.1) is 0 Å². The van der Waals surface area contributed by atoms with Gasteiger partial charge >= 0.3 is 6.03 Å². The zero-order chi connectivity index (χ0) is 20.2. The van der Waals surface area contributed by atoms with Gasteiger partial charge in [0.25, 0.3) is 5.91 Å². The number of hydrogen-bond acceptors (Lipinski definition) is 3. The molecule has 154 valence electrons. The minimum atomic E-state index is -0.800. The van der Waals surface area contributed by atoms with Crippen LogP contribution in [0.25, 0.3) is 0 Å². The number of urea groups is 1. The first-order chi connectivity index (χ1) is 12.6. The number of rotatable bonds is 7. The first-order valence-electron chi connectivity index (χ1n) is 10.5. The number of hydrogen-bond donors (Lipinski definition) is 2. The Labute approximate surface area is 163 Å². The standard InChI is InChI=1S/C21H37N3O3/c1-6-7-8-9-15(2)22-17(25)14-24-18(26)21(23-19(24)27)12-10-16(11-13-21)20(3,4)5/h15-16H,6-14H2,1-5H3,(H,22,25)(H,23,27). The summed E-state index contributed by atoms with van der Waals surface area (Å²) in [7, 11) is 0. The Morgan fingerprint density at radius 3 is 2.44 bits per heavy atom. The summed E-state index contributed by atoms with van der Waals surface area (Å²) in [5.41, 5.74) is -0.591. The molecular formula is C21H37N3O3. The van der Waals surface area contributed by atoms with E-state index in [0.717, 1.165) is 43.4 Å². The van der Waals surface area contributed by atoms with Crippen molar-refractivity contribution in [2.24, 2.45) is 11.3 Å². The van der Waals surface area contributed by atoms with Crippen molar-refractivity contribution in [1.29, 1.82) is 0 Å². The van der Waals surface area contributed by atoms with Crippen LogP contribution in [0.2, 0.25) is 0 Å². The number of amides is 4. The number of imide groups is 1. The lowest BCUT2D eigenvalue weighted by Crippen LogP contribution is -2.51. The number of carbonyl (C=O) groups is 3. The Balaban J connectivity index is 1.90. The van der Waals surface area contributed by atoms with E-state index in [2.05, 4.69) is 38.3 Å². The van der Waals surface area contributed by atoms with Crippen LogP contribution in [0.1, 0.15) is 86.0 Å². The van der Waals surface area contributed by atoms with Gasteiger partial charge < -0.3 is 10.6 Å². The Morgan fingerprint density at radius 1 is 1.26 bits per heavy atom. The second-order valence-electron chi connectivity index (χ2n) is 9.51. The van der Waals surface area contributed by atoms with Crippen LogP contribution in [0, 0.1) is 11.3 Å². The van der Waals surface area contributed by atoms with Crippen molar-refractivity contribution in [3.63, 3.8) is 0 Å². The zero-order valence-electron chi connectivity index (χ0n) is 17.7. The summed E-state index contributed by atoms with van der Waals surface area (Å²) in [6.45, 7) is 10.6. The van der Waals surface area contributed by atoms with Crippen molar-refractivity contribution >= 4 is 17.8 Å². The maximum Gasteiger partial charge on any atom is 0.325 e. The normalized spacial score (nSPS) is 27.0. The molecule has 0 radical (unpaired) electrons. The van der Waals surface area contributed by atoms with Gasteiger partial charge in [-0.3, -0.25) is 14.5 Å². The first kappa shape index (κ1) is 21.7. The molecule has 27 heavy (non-hydrogen) atoms. The molecule has 1 aliphatic heterocycles. The Bertz CT molecular complexity index is 560. The molecule has 1 spiro atoms. The molecule has 0 aromatic heterocycles. The fourth-order valence-electron chi connectivity index (χ4n) is 4.37. The molecule has 1 saturated carbocycles. The van der Waals surface area contributed by atoms with Gasteiger partial charge in [-0.25, -0.2) is 4.79 Å². The van der Waals surface area contributed by atoms with Gasteiger partial charge in [0, 0.05) is 6.04 Å². The topological polar surface area (TPSA) is 78.5 Å². The van der Waals surface area contributed by atoms with Gasteiger partial charge in [0.1, 0.15) is 12.1 Å².